The van der Waals surface area contributed by atoms with Crippen molar-refractivity contribution in [3.63, 3.8) is 0 Å². The number of para-hydroxylation sites is 1. The number of carbonyl (C=O) groups excluding carboxylic acids is 1. The fraction of sp³-hybridized carbons (Fsp3) is 0.303. The Kier molecular flexibility index (Phi) is 7.10. The molecule has 2 saturated heterocycles. The molecule has 0 aliphatic carbocycles. The van der Waals surface area contributed by atoms with E-state index in [1.165, 1.54) is 22.4 Å². The van der Waals surface area contributed by atoms with Crippen molar-refractivity contribution in [2.45, 2.75) is 37.6 Å². The summed E-state index contributed by atoms with van der Waals surface area (Å²) in [6, 6.07) is 25.1. The predicted molar refractivity (Wildman–Crippen MR) is 160 cm³/mol. The fourth-order valence-corrected chi connectivity index (χ4v) is 7.37. The lowest BCUT2D eigenvalue weighted by molar-refractivity contribution is 0.0788. The number of likely N-dealkylation sites (tertiary alicyclic amines) is 2. The van der Waals surface area contributed by atoms with Crippen molar-refractivity contribution in [2.24, 2.45) is 0 Å². The molecule has 8 heteroatoms. The first-order valence-corrected chi connectivity index (χ1v) is 15.2. The van der Waals surface area contributed by atoms with Crippen LogP contribution < -0.4 is 0 Å². The molecular weight excluding hydrogens is 533 g/mol. The van der Waals surface area contributed by atoms with Gasteiger partial charge in [-0.05, 0) is 74.3 Å². The second kappa shape index (κ2) is 11.2. The zero-order valence-electron chi connectivity index (χ0n) is 22.8. The molecule has 0 unspecified atom stereocenters. The van der Waals surface area contributed by atoms with E-state index in [0.717, 1.165) is 67.3 Å². The van der Waals surface area contributed by atoms with Crippen LogP contribution in [-0.4, -0.2) is 56.7 Å². The molecule has 5 aromatic rings. The highest BCUT2D eigenvalue weighted by molar-refractivity contribution is 7.18. The number of rotatable bonds is 6. The Hall–Kier alpha value is -3.88. The molecule has 208 valence electrons. The molecule has 4 heterocycles. The van der Waals surface area contributed by atoms with Crippen molar-refractivity contribution < 1.29 is 9.18 Å². The lowest BCUT2D eigenvalue weighted by Gasteiger charge is -2.32. The number of hydrogen-bond donors (Lipinski definition) is 0. The fourth-order valence-electron chi connectivity index (χ4n) is 6.36. The van der Waals surface area contributed by atoms with Crippen LogP contribution in [0.2, 0.25) is 0 Å². The van der Waals surface area contributed by atoms with Crippen LogP contribution in [0.1, 0.15) is 57.7 Å². The molecule has 2 aliphatic rings. The number of benzene rings is 3. The van der Waals surface area contributed by atoms with Crippen molar-refractivity contribution in [2.75, 3.05) is 26.2 Å². The van der Waals surface area contributed by atoms with Crippen LogP contribution in [0.15, 0.2) is 85.1 Å². The van der Waals surface area contributed by atoms with E-state index in [1.807, 2.05) is 21.7 Å². The highest BCUT2D eigenvalue weighted by Crippen LogP contribution is 2.35. The average molecular weight is 566 g/mol. The van der Waals surface area contributed by atoms with Gasteiger partial charge in [-0.15, -0.1) is 11.3 Å². The lowest BCUT2D eigenvalue weighted by Crippen LogP contribution is -2.34. The van der Waals surface area contributed by atoms with Gasteiger partial charge in [0.25, 0.3) is 5.91 Å². The van der Waals surface area contributed by atoms with Crippen molar-refractivity contribution >= 4 is 27.5 Å². The highest BCUT2D eigenvalue weighted by Gasteiger charge is 2.34. The van der Waals surface area contributed by atoms with Gasteiger partial charge in [0.2, 0.25) is 0 Å². The van der Waals surface area contributed by atoms with E-state index in [4.69, 9.17) is 10.1 Å². The first-order valence-electron chi connectivity index (χ1n) is 14.4. The number of piperidine rings is 1. The van der Waals surface area contributed by atoms with E-state index in [9.17, 15) is 9.18 Å². The summed E-state index contributed by atoms with van der Waals surface area (Å²) in [6.07, 6.45) is 4.53. The van der Waals surface area contributed by atoms with E-state index < -0.39 is 0 Å². The van der Waals surface area contributed by atoms with Crippen LogP contribution in [0, 0.1) is 5.82 Å². The number of thiazole rings is 1. The van der Waals surface area contributed by atoms with E-state index in [1.54, 1.807) is 29.7 Å². The number of nitrogens with zero attached hydrogens (tertiary/aromatic N) is 5. The second-order valence-corrected chi connectivity index (χ2v) is 12.2. The smallest absolute Gasteiger partial charge is 0.257 e. The Labute approximate surface area is 243 Å². The van der Waals surface area contributed by atoms with E-state index in [2.05, 4.69) is 47.4 Å². The summed E-state index contributed by atoms with van der Waals surface area (Å²) >= 11 is 1.76. The van der Waals surface area contributed by atoms with E-state index >= 15 is 0 Å². The molecule has 7 rings (SSSR count). The molecule has 1 atom stereocenters. The maximum atomic E-state index is 14.0. The minimum atomic E-state index is -0.286. The predicted octanol–water partition coefficient (Wildman–Crippen LogP) is 6.63. The maximum Gasteiger partial charge on any atom is 0.257 e. The summed E-state index contributed by atoms with van der Waals surface area (Å²) in [4.78, 5) is 23.2. The van der Waals surface area contributed by atoms with Crippen LogP contribution in [0.3, 0.4) is 0 Å². The maximum absolute atomic E-state index is 14.0. The minimum absolute atomic E-state index is 0.0451. The molecule has 0 spiro atoms. The normalized spacial score (nSPS) is 18.4. The third kappa shape index (κ3) is 5.29. The van der Waals surface area contributed by atoms with E-state index in [-0.39, 0.29) is 17.6 Å². The minimum Gasteiger partial charge on any atom is -0.338 e. The lowest BCUT2D eigenvalue weighted by atomic mass is 9.90. The molecule has 6 nitrogen and oxygen atoms in total. The van der Waals surface area contributed by atoms with Gasteiger partial charge >= 0.3 is 0 Å². The Morgan fingerprint density at radius 1 is 0.878 bits per heavy atom. The summed E-state index contributed by atoms with van der Waals surface area (Å²) < 4.78 is 16.9. The molecule has 2 aromatic heterocycles. The van der Waals surface area contributed by atoms with Gasteiger partial charge in [-0.3, -0.25) is 9.69 Å². The first kappa shape index (κ1) is 26.0. The largest absolute Gasteiger partial charge is 0.338 e. The van der Waals surface area contributed by atoms with Gasteiger partial charge in [-0.25, -0.2) is 14.1 Å². The molecule has 41 heavy (non-hydrogen) atoms. The van der Waals surface area contributed by atoms with Gasteiger partial charge in [0.1, 0.15) is 10.8 Å². The molecule has 0 bridgehead atoms. The summed E-state index contributed by atoms with van der Waals surface area (Å²) in [6.45, 7) is 4.12. The number of halogens is 1. The Balaban J connectivity index is 1.12. The zero-order valence-corrected chi connectivity index (χ0v) is 23.6. The summed E-state index contributed by atoms with van der Waals surface area (Å²) in [5.41, 5.74) is 4.74. The van der Waals surface area contributed by atoms with Crippen molar-refractivity contribution in [3.05, 3.63) is 113 Å². The van der Waals surface area contributed by atoms with Gasteiger partial charge in [0.05, 0.1) is 39.9 Å². The first-order chi connectivity index (χ1) is 20.1. The third-order valence-electron chi connectivity index (χ3n) is 8.53. The Morgan fingerprint density at radius 2 is 1.61 bits per heavy atom. The van der Waals surface area contributed by atoms with Gasteiger partial charge in [0.15, 0.2) is 0 Å². The number of hydrogen-bond acceptors (Lipinski definition) is 5. The van der Waals surface area contributed by atoms with Gasteiger partial charge in [-0.2, -0.15) is 5.10 Å². The molecular formula is C33H32FN5OS. The average Bonchev–Trinajstić information content (AvgIpc) is 3.77. The van der Waals surface area contributed by atoms with Crippen molar-refractivity contribution in [1.29, 1.82) is 0 Å². The van der Waals surface area contributed by atoms with Crippen LogP contribution in [-0.2, 0) is 6.54 Å². The van der Waals surface area contributed by atoms with Gasteiger partial charge < -0.3 is 4.90 Å². The number of fused-ring (bicyclic) bond motifs is 1. The molecule has 0 saturated carbocycles. The molecule has 1 amide bonds. The molecule has 0 radical (unpaired) electrons. The van der Waals surface area contributed by atoms with Crippen LogP contribution in [0.4, 0.5) is 4.39 Å². The van der Waals surface area contributed by atoms with Crippen LogP contribution in [0.25, 0.3) is 15.9 Å². The van der Waals surface area contributed by atoms with Gasteiger partial charge in [0, 0.05) is 24.9 Å². The van der Waals surface area contributed by atoms with Crippen molar-refractivity contribution in [3.8, 4) is 5.69 Å². The summed E-state index contributed by atoms with van der Waals surface area (Å²) in [7, 11) is 0. The SMILES string of the molecule is O=C(c1cnn(-c2ccc(F)cc2)c1C1CCN(Cc2nc3ccccc3s2)CC1)N1CC[C@H](c2ccccc2)C1. The Morgan fingerprint density at radius 3 is 2.39 bits per heavy atom. The highest BCUT2D eigenvalue weighted by atomic mass is 32.1. The Bertz CT molecular complexity index is 1620. The topological polar surface area (TPSA) is 54.3 Å². The quantitative estimate of drug-likeness (QED) is 0.232. The van der Waals surface area contributed by atoms with Crippen molar-refractivity contribution in [1.82, 2.24) is 24.6 Å². The van der Waals surface area contributed by atoms with Gasteiger partial charge in [-0.1, -0.05) is 42.5 Å². The molecule has 2 fully saturated rings. The standard InChI is InChI=1S/C33H32FN5OS/c34-26-10-12-27(13-11-26)39-32(24-14-17-37(18-15-24)22-31-36-29-8-4-5-9-30(29)41-31)28(20-35-39)33(40)38-19-16-25(21-38)23-6-2-1-3-7-23/h1-13,20,24-25H,14-19,21-22H2/t25-/m0/s1. The third-order valence-corrected chi connectivity index (χ3v) is 9.55. The summed E-state index contributed by atoms with van der Waals surface area (Å²) in [5.74, 6) is 0.289. The second-order valence-electron chi connectivity index (χ2n) is 11.1. The monoisotopic (exact) mass is 565 g/mol. The zero-order chi connectivity index (χ0) is 27.8. The molecule has 3 aromatic carbocycles. The number of aromatic nitrogens is 3. The van der Waals surface area contributed by atoms with Crippen LogP contribution in [0.5, 0.6) is 0 Å². The summed E-state index contributed by atoms with van der Waals surface area (Å²) in [5, 5.41) is 5.83. The van der Waals surface area contributed by atoms with Crippen LogP contribution >= 0.6 is 11.3 Å². The number of amides is 1. The number of carbonyl (C=O) groups is 1. The molecule has 0 N–H and O–H groups in total. The molecule has 2 aliphatic heterocycles. The van der Waals surface area contributed by atoms with E-state index in [0.29, 0.717) is 18.0 Å².